The highest BCUT2D eigenvalue weighted by molar-refractivity contribution is 5.82. The second-order valence-corrected chi connectivity index (χ2v) is 5.02. The minimum absolute atomic E-state index is 0.253. The highest BCUT2D eigenvalue weighted by Crippen LogP contribution is 2.36. The molecule has 1 amide bonds. The van der Waals surface area contributed by atoms with Crippen LogP contribution in [0.1, 0.15) is 13.3 Å². The molecule has 98 valence electrons. The van der Waals surface area contributed by atoms with E-state index in [2.05, 4.69) is 4.90 Å². The fraction of sp³-hybridized carbons (Fsp3) is 0.462. The lowest BCUT2D eigenvalue weighted by Gasteiger charge is -2.23. The normalized spacial score (nSPS) is 23.1. The monoisotopic (exact) mass is 249 g/mol. The largest absolute Gasteiger partial charge is 0.497 e. The Kier molecular flexibility index (Phi) is 3.07. The first kappa shape index (κ1) is 12.5. The standard InChI is InChI=1S/C13H19N3O2/c1-13(12(15)17)5-6-16(8-13)11-4-3-9(18-2)7-10(11)14/h3-4,7H,5-6,8,14H2,1-2H3,(H2,15,17). The van der Waals surface area contributed by atoms with Crippen LogP contribution in [0.25, 0.3) is 0 Å². The van der Waals surface area contributed by atoms with E-state index in [0.717, 1.165) is 24.4 Å². The summed E-state index contributed by atoms with van der Waals surface area (Å²) in [6.07, 6.45) is 0.758. The van der Waals surface area contributed by atoms with E-state index in [1.54, 1.807) is 13.2 Å². The molecule has 1 aromatic rings. The van der Waals surface area contributed by atoms with E-state index in [9.17, 15) is 4.79 Å². The van der Waals surface area contributed by atoms with Crippen LogP contribution in [-0.2, 0) is 4.79 Å². The number of hydrogen-bond acceptors (Lipinski definition) is 4. The number of primary amides is 1. The lowest BCUT2D eigenvalue weighted by atomic mass is 9.89. The maximum atomic E-state index is 11.4. The van der Waals surface area contributed by atoms with Crippen molar-refractivity contribution in [1.29, 1.82) is 0 Å². The molecule has 2 rings (SSSR count). The van der Waals surface area contributed by atoms with Crippen LogP contribution in [0.3, 0.4) is 0 Å². The van der Waals surface area contributed by atoms with Gasteiger partial charge < -0.3 is 21.1 Å². The highest BCUT2D eigenvalue weighted by atomic mass is 16.5. The molecule has 5 heteroatoms. The summed E-state index contributed by atoms with van der Waals surface area (Å²) in [4.78, 5) is 13.5. The summed E-state index contributed by atoms with van der Waals surface area (Å²) in [6.45, 7) is 3.30. The average molecular weight is 249 g/mol. The second kappa shape index (κ2) is 4.40. The van der Waals surface area contributed by atoms with Gasteiger partial charge in [0.2, 0.25) is 5.91 Å². The third kappa shape index (κ3) is 2.08. The Bertz CT molecular complexity index is 475. The number of benzene rings is 1. The molecule has 1 aliphatic heterocycles. The zero-order valence-corrected chi connectivity index (χ0v) is 10.8. The molecular weight excluding hydrogens is 230 g/mol. The van der Waals surface area contributed by atoms with Gasteiger partial charge in [-0.05, 0) is 25.5 Å². The van der Waals surface area contributed by atoms with Crippen LogP contribution >= 0.6 is 0 Å². The van der Waals surface area contributed by atoms with Gasteiger partial charge in [0.25, 0.3) is 0 Å². The van der Waals surface area contributed by atoms with E-state index in [-0.39, 0.29) is 5.91 Å². The molecule has 0 spiro atoms. The Balaban J connectivity index is 2.22. The molecule has 5 nitrogen and oxygen atoms in total. The van der Waals surface area contributed by atoms with Crippen LogP contribution in [-0.4, -0.2) is 26.1 Å². The molecule has 0 radical (unpaired) electrons. The SMILES string of the molecule is COc1ccc(N2CCC(C)(C(N)=O)C2)c(N)c1. The van der Waals surface area contributed by atoms with Crippen molar-refractivity contribution < 1.29 is 9.53 Å². The first-order valence-corrected chi connectivity index (χ1v) is 5.95. The maximum absolute atomic E-state index is 11.4. The van der Waals surface area contributed by atoms with Gasteiger partial charge in [0.05, 0.1) is 23.9 Å². The summed E-state index contributed by atoms with van der Waals surface area (Å²) in [6, 6.07) is 5.57. The van der Waals surface area contributed by atoms with Crippen LogP contribution in [0.5, 0.6) is 5.75 Å². The smallest absolute Gasteiger partial charge is 0.225 e. The van der Waals surface area contributed by atoms with E-state index in [1.807, 2.05) is 19.1 Å². The molecule has 1 aromatic carbocycles. The fourth-order valence-corrected chi connectivity index (χ4v) is 2.32. The zero-order chi connectivity index (χ0) is 13.3. The van der Waals surface area contributed by atoms with E-state index in [1.165, 1.54) is 0 Å². The number of carbonyl (C=O) groups is 1. The minimum atomic E-state index is -0.466. The number of rotatable bonds is 3. The number of nitrogens with zero attached hydrogens (tertiary/aromatic N) is 1. The summed E-state index contributed by atoms with van der Waals surface area (Å²) < 4.78 is 5.12. The third-order valence-corrected chi connectivity index (χ3v) is 3.64. The molecular formula is C13H19N3O2. The van der Waals surface area contributed by atoms with Crippen molar-refractivity contribution in [3.8, 4) is 5.75 Å². The summed E-state index contributed by atoms with van der Waals surface area (Å²) in [5.41, 5.74) is 12.6. The van der Waals surface area contributed by atoms with Crippen LogP contribution in [0.2, 0.25) is 0 Å². The van der Waals surface area contributed by atoms with Crippen molar-refractivity contribution in [3.63, 3.8) is 0 Å². The number of ether oxygens (including phenoxy) is 1. The van der Waals surface area contributed by atoms with Crippen molar-refractivity contribution in [2.75, 3.05) is 30.8 Å². The van der Waals surface area contributed by atoms with Crippen LogP contribution < -0.4 is 21.1 Å². The molecule has 1 atom stereocenters. The Hall–Kier alpha value is -1.91. The molecule has 1 heterocycles. The third-order valence-electron chi connectivity index (χ3n) is 3.64. The predicted molar refractivity (Wildman–Crippen MR) is 71.5 cm³/mol. The number of nitrogen functional groups attached to an aromatic ring is 1. The summed E-state index contributed by atoms with van der Waals surface area (Å²) >= 11 is 0. The topological polar surface area (TPSA) is 81.6 Å². The van der Waals surface area contributed by atoms with Gasteiger partial charge in [0, 0.05) is 19.2 Å². The number of methoxy groups -OCH3 is 1. The number of hydrogen-bond donors (Lipinski definition) is 2. The average Bonchev–Trinajstić information content (AvgIpc) is 2.73. The lowest BCUT2D eigenvalue weighted by Crippen LogP contribution is -2.37. The predicted octanol–water partition coefficient (Wildman–Crippen LogP) is 0.979. The van der Waals surface area contributed by atoms with Gasteiger partial charge >= 0.3 is 0 Å². The summed E-state index contributed by atoms with van der Waals surface area (Å²) in [5.74, 6) is 0.477. The van der Waals surface area contributed by atoms with Gasteiger partial charge in [-0.15, -0.1) is 0 Å². The van der Waals surface area contributed by atoms with Gasteiger partial charge in [-0.1, -0.05) is 0 Å². The van der Waals surface area contributed by atoms with E-state index in [0.29, 0.717) is 12.2 Å². The van der Waals surface area contributed by atoms with Crippen molar-refractivity contribution in [3.05, 3.63) is 18.2 Å². The molecule has 0 aromatic heterocycles. The van der Waals surface area contributed by atoms with Crippen molar-refractivity contribution >= 4 is 17.3 Å². The van der Waals surface area contributed by atoms with Crippen LogP contribution in [0, 0.1) is 5.41 Å². The quantitative estimate of drug-likeness (QED) is 0.782. The minimum Gasteiger partial charge on any atom is -0.497 e. The molecule has 4 N–H and O–H groups in total. The Morgan fingerprint density at radius 1 is 1.50 bits per heavy atom. The van der Waals surface area contributed by atoms with Crippen LogP contribution in [0.4, 0.5) is 11.4 Å². The zero-order valence-electron chi connectivity index (χ0n) is 10.8. The first-order chi connectivity index (χ1) is 8.46. The number of carbonyl (C=O) groups excluding carboxylic acids is 1. The molecule has 0 bridgehead atoms. The number of nitrogens with two attached hydrogens (primary N) is 2. The summed E-state index contributed by atoms with van der Waals surface area (Å²) in [7, 11) is 1.61. The number of amides is 1. The van der Waals surface area contributed by atoms with Gasteiger partial charge in [-0.25, -0.2) is 0 Å². The Labute approximate surface area is 107 Å². The highest BCUT2D eigenvalue weighted by Gasteiger charge is 2.39. The molecule has 1 aliphatic rings. The van der Waals surface area contributed by atoms with Crippen molar-refractivity contribution in [2.24, 2.45) is 11.1 Å². The second-order valence-electron chi connectivity index (χ2n) is 5.02. The molecule has 1 fully saturated rings. The molecule has 0 saturated carbocycles. The van der Waals surface area contributed by atoms with Gasteiger partial charge in [-0.3, -0.25) is 4.79 Å². The lowest BCUT2D eigenvalue weighted by molar-refractivity contribution is -0.125. The molecule has 0 aliphatic carbocycles. The maximum Gasteiger partial charge on any atom is 0.225 e. The number of anilines is 2. The fourth-order valence-electron chi connectivity index (χ4n) is 2.32. The van der Waals surface area contributed by atoms with Crippen molar-refractivity contribution in [2.45, 2.75) is 13.3 Å². The van der Waals surface area contributed by atoms with E-state index in [4.69, 9.17) is 16.2 Å². The van der Waals surface area contributed by atoms with Crippen molar-refractivity contribution in [1.82, 2.24) is 0 Å². The van der Waals surface area contributed by atoms with Gasteiger partial charge in [0.1, 0.15) is 5.75 Å². The van der Waals surface area contributed by atoms with Gasteiger partial charge in [-0.2, -0.15) is 0 Å². The van der Waals surface area contributed by atoms with E-state index >= 15 is 0 Å². The molecule has 1 saturated heterocycles. The van der Waals surface area contributed by atoms with E-state index < -0.39 is 5.41 Å². The molecule has 18 heavy (non-hydrogen) atoms. The first-order valence-electron chi connectivity index (χ1n) is 5.95. The Morgan fingerprint density at radius 3 is 2.72 bits per heavy atom. The Morgan fingerprint density at radius 2 is 2.22 bits per heavy atom. The summed E-state index contributed by atoms with van der Waals surface area (Å²) in [5, 5.41) is 0. The molecule has 1 unspecified atom stereocenters. The van der Waals surface area contributed by atoms with Crippen LogP contribution in [0.15, 0.2) is 18.2 Å². The van der Waals surface area contributed by atoms with Gasteiger partial charge in [0.15, 0.2) is 0 Å².